The highest BCUT2D eigenvalue weighted by Gasteiger charge is 2.10. The molecule has 0 aliphatic heterocycles. The van der Waals surface area contributed by atoms with Gasteiger partial charge in [0.15, 0.2) is 5.78 Å². The van der Waals surface area contributed by atoms with Crippen LogP contribution in [0.5, 0.6) is 0 Å². The van der Waals surface area contributed by atoms with Gasteiger partial charge in [0, 0.05) is 6.42 Å². The van der Waals surface area contributed by atoms with Crippen LogP contribution in [0.15, 0.2) is 12.2 Å². The Bertz CT molecular complexity index is 313. The summed E-state index contributed by atoms with van der Waals surface area (Å²) >= 11 is 0. The second kappa shape index (κ2) is 17.4. The lowest BCUT2D eigenvalue weighted by atomic mass is 10.0. The zero-order chi connectivity index (χ0) is 17.2. The van der Waals surface area contributed by atoms with Crippen molar-refractivity contribution in [2.24, 2.45) is 5.73 Å². The van der Waals surface area contributed by atoms with Crippen LogP contribution in [-0.4, -0.2) is 18.1 Å². The van der Waals surface area contributed by atoms with Crippen LogP contribution in [0.25, 0.3) is 0 Å². The standard InChI is InChI=1S/C20H37NO2/c1-2-3-4-5-6-7-8-9-10-11-12-13-14-15-16-17-20(23)19(21)18-22/h9-10,18-19H,2-8,11-17,21H2,1H3/b10-9-. The lowest BCUT2D eigenvalue weighted by Crippen LogP contribution is -2.31. The van der Waals surface area contributed by atoms with E-state index in [9.17, 15) is 9.59 Å². The number of unbranched alkanes of at least 4 members (excludes halogenated alkanes) is 11. The number of carbonyl (C=O) groups is 2. The molecule has 0 rings (SSSR count). The van der Waals surface area contributed by atoms with Crippen LogP contribution >= 0.6 is 0 Å². The first-order chi connectivity index (χ1) is 11.2. The van der Waals surface area contributed by atoms with Gasteiger partial charge in [-0.05, 0) is 32.1 Å². The summed E-state index contributed by atoms with van der Waals surface area (Å²) < 4.78 is 0. The molecule has 3 nitrogen and oxygen atoms in total. The molecule has 0 radical (unpaired) electrons. The predicted molar refractivity (Wildman–Crippen MR) is 98.5 cm³/mol. The summed E-state index contributed by atoms with van der Waals surface area (Å²) in [5.41, 5.74) is 5.35. The van der Waals surface area contributed by atoms with E-state index in [0.29, 0.717) is 12.7 Å². The van der Waals surface area contributed by atoms with Gasteiger partial charge in [-0.1, -0.05) is 70.4 Å². The molecule has 23 heavy (non-hydrogen) atoms. The van der Waals surface area contributed by atoms with E-state index in [-0.39, 0.29) is 5.78 Å². The third kappa shape index (κ3) is 15.7. The number of aldehydes is 1. The average Bonchev–Trinajstić information content (AvgIpc) is 2.57. The maximum Gasteiger partial charge on any atom is 0.156 e. The molecule has 0 saturated heterocycles. The maximum atomic E-state index is 11.3. The first kappa shape index (κ1) is 22.0. The van der Waals surface area contributed by atoms with Crippen LogP contribution in [0.3, 0.4) is 0 Å². The number of Topliss-reactive ketones (excluding diaryl/α,β-unsaturated/α-hetero) is 1. The van der Waals surface area contributed by atoms with E-state index in [1.54, 1.807) is 0 Å². The Morgan fingerprint density at radius 2 is 1.30 bits per heavy atom. The molecule has 134 valence electrons. The summed E-state index contributed by atoms with van der Waals surface area (Å²) in [4.78, 5) is 21.7. The van der Waals surface area contributed by atoms with Gasteiger partial charge in [0.2, 0.25) is 0 Å². The van der Waals surface area contributed by atoms with E-state index in [1.165, 1.54) is 64.2 Å². The Morgan fingerprint density at radius 3 is 1.83 bits per heavy atom. The number of hydrogen-bond donors (Lipinski definition) is 1. The average molecular weight is 324 g/mol. The molecule has 1 unspecified atom stereocenters. The van der Waals surface area contributed by atoms with Crippen LogP contribution in [-0.2, 0) is 9.59 Å². The third-order valence-corrected chi connectivity index (χ3v) is 4.20. The van der Waals surface area contributed by atoms with Gasteiger partial charge >= 0.3 is 0 Å². The van der Waals surface area contributed by atoms with Crippen LogP contribution < -0.4 is 5.73 Å². The van der Waals surface area contributed by atoms with Crippen molar-refractivity contribution in [3.05, 3.63) is 12.2 Å². The quantitative estimate of drug-likeness (QED) is 0.175. The van der Waals surface area contributed by atoms with Gasteiger partial charge < -0.3 is 10.5 Å². The first-order valence-electron chi connectivity index (χ1n) is 9.61. The van der Waals surface area contributed by atoms with Crippen molar-refractivity contribution in [2.75, 3.05) is 0 Å². The molecule has 0 heterocycles. The number of rotatable bonds is 17. The second-order valence-corrected chi connectivity index (χ2v) is 6.46. The van der Waals surface area contributed by atoms with Crippen LogP contribution in [0.4, 0.5) is 0 Å². The number of allylic oxidation sites excluding steroid dienone is 2. The predicted octanol–water partition coefficient (Wildman–Crippen LogP) is 5.12. The second-order valence-electron chi connectivity index (χ2n) is 6.46. The molecule has 1 atom stereocenters. The van der Waals surface area contributed by atoms with Crippen molar-refractivity contribution in [3.8, 4) is 0 Å². The van der Waals surface area contributed by atoms with Crippen LogP contribution in [0.1, 0.15) is 96.8 Å². The minimum Gasteiger partial charge on any atom is -0.316 e. The summed E-state index contributed by atoms with van der Waals surface area (Å²) in [5, 5.41) is 0. The molecule has 0 bridgehead atoms. The summed E-state index contributed by atoms with van der Waals surface area (Å²) in [7, 11) is 0. The molecular weight excluding hydrogens is 286 g/mol. The van der Waals surface area contributed by atoms with Crippen LogP contribution in [0, 0.1) is 0 Å². The number of hydrogen-bond acceptors (Lipinski definition) is 3. The Kier molecular flexibility index (Phi) is 16.7. The van der Waals surface area contributed by atoms with E-state index in [1.807, 2.05) is 0 Å². The summed E-state index contributed by atoms with van der Waals surface area (Å²) in [5.74, 6) is -0.127. The number of nitrogens with two attached hydrogens (primary N) is 1. The minimum atomic E-state index is -0.910. The molecule has 0 amide bonds. The fourth-order valence-electron chi connectivity index (χ4n) is 2.61. The molecule has 0 aromatic rings. The molecule has 0 spiro atoms. The summed E-state index contributed by atoms with van der Waals surface area (Å²) in [6.07, 6.45) is 21.7. The van der Waals surface area contributed by atoms with Gasteiger partial charge in [0.05, 0.1) is 0 Å². The Labute approximate surface area is 143 Å². The van der Waals surface area contributed by atoms with Gasteiger partial charge in [0.25, 0.3) is 0 Å². The lowest BCUT2D eigenvalue weighted by molar-refractivity contribution is -0.124. The van der Waals surface area contributed by atoms with E-state index in [0.717, 1.165) is 19.3 Å². The molecule has 0 fully saturated rings. The SMILES string of the molecule is CCCCCCCC/C=C\CCCCCCCC(=O)C(N)C=O. The highest BCUT2D eigenvalue weighted by atomic mass is 16.1. The van der Waals surface area contributed by atoms with Crippen LogP contribution in [0.2, 0.25) is 0 Å². The molecule has 0 aromatic carbocycles. The first-order valence-corrected chi connectivity index (χ1v) is 9.61. The third-order valence-electron chi connectivity index (χ3n) is 4.20. The highest BCUT2D eigenvalue weighted by molar-refractivity contribution is 5.96. The van der Waals surface area contributed by atoms with Crippen molar-refractivity contribution in [1.29, 1.82) is 0 Å². The number of ketones is 1. The zero-order valence-electron chi connectivity index (χ0n) is 15.1. The Hall–Kier alpha value is -0.960. The van der Waals surface area contributed by atoms with E-state index in [2.05, 4.69) is 19.1 Å². The molecule has 0 saturated carbocycles. The van der Waals surface area contributed by atoms with Gasteiger partial charge in [-0.3, -0.25) is 4.79 Å². The maximum absolute atomic E-state index is 11.3. The van der Waals surface area contributed by atoms with E-state index < -0.39 is 6.04 Å². The van der Waals surface area contributed by atoms with Crippen molar-refractivity contribution in [3.63, 3.8) is 0 Å². The molecule has 3 heteroatoms. The zero-order valence-corrected chi connectivity index (χ0v) is 15.1. The largest absolute Gasteiger partial charge is 0.316 e. The topological polar surface area (TPSA) is 60.2 Å². The van der Waals surface area contributed by atoms with E-state index >= 15 is 0 Å². The minimum absolute atomic E-state index is 0.127. The normalized spacial score (nSPS) is 12.6. The van der Waals surface area contributed by atoms with Gasteiger partial charge in [-0.15, -0.1) is 0 Å². The van der Waals surface area contributed by atoms with Gasteiger partial charge in [0.1, 0.15) is 12.3 Å². The lowest BCUT2D eigenvalue weighted by Gasteiger charge is -2.03. The fourth-order valence-corrected chi connectivity index (χ4v) is 2.61. The molecule has 0 aliphatic rings. The molecular formula is C20H37NO2. The number of carbonyl (C=O) groups excluding carboxylic acids is 2. The molecule has 0 aromatic heterocycles. The van der Waals surface area contributed by atoms with E-state index in [4.69, 9.17) is 5.73 Å². The summed E-state index contributed by atoms with van der Waals surface area (Å²) in [6, 6.07) is -0.910. The molecule has 2 N–H and O–H groups in total. The van der Waals surface area contributed by atoms with Crippen molar-refractivity contribution in [2.45, 2.75) is 103 Å². The van der Waals surface area contributed by atoms with Gasteiger partial charge in [-0.2, -0.15) is 0 Å². The fraction of sp³-hybridized carbons (Fsp3) is 0.800. The van der Waals surface area contributed by atoms with Crippen molar-refractivity contribution < 1.29 is 9.59 Å². The highest BCUT2D eigenvalue weighted by Crippen LogP contribution is 2.10. The molecule has 0 aliphatic carbocycles. The Morgan fingerprint density at radius 1 is 0.826 bits per heavy atom. The van der Waals surface area contributed by atoms with Gasteiger partial charge in [-0.25, -0.2) is 0 Å². The monoisotopic (exact) mass is 323 g/mol. The van der Waals surface area contributed by atoms with Crippen molar-refractivity contribution >= 4 is 12.1 Å². The Balaban J connectivity index is 3.22. The van der Waals surface area contributed by atoms with Crippen molar-refractivity contribution in [1.82, 2.24) is 0 Å². The smallest absolute Gasteiger partial charge is 0.156 e. The summed E-state index contributed by atoms with van der Waals surface area (Å²) in [6.45, 7) is 2.26.